The first-order valence-electron chi connectivity index (χ1n) is 11.6. The number of hydrogen-bond acceptors (Lipinski definition) is 5. The molecule has 1 amide bonds. The van der Waals surface area contributed by atoms with Gasteiger partial charge in [0.1, 0.15) is 22.6 Å². The van der Waals surface area contributed by atoms with Crippen LogP contribution in [-0.4, -0.2) is 56.5 Å². The van der Waals surface area contributed by atoms with Gasteiger partial charge in [-0.2, -0.15) is 13.2 Å². The fourth-order valence-corrected chi connectivity index (χ4v) is 4.60. The third-order valence-electron chi connectivity index (χ3n) is 5.98. The molecule has 8 nitrogen and oxygen atoms in total. The topological polar surface area (TPSA) is 96.9 Å². The highest BCUT2D eigenvalue weighted by molar-refractivity contribution is 6.01. The van der Waals surface area contributed by atoms with E-state index in [0.717, 1.165) is 40.7 Å². The van der Waals surface area contributed by atoms with Crippen molar-refractivity contribution in [2.24, 2.45) is 0 Å². The van der Waals surface area contributed by atoms with Crippen LogP contribution in [0.1, 0.15) is 58.3 Å². The van der Waals surface area contributed by atoms with Crippen molar-refractivity contribution in [3.05, 3.63) is 24.3 Å². The van der Waals surface area contributed by atoms with E-state index >= 15 is 0 Å². The van der Waals surface area contributed by atoms with Gasteiger partial charge >= 0.3 is 12.3 Å². The Hall–Kier alpha value is -2.82. The number of carbonyl (C=O) groups excluding carboxylic acids is 1. The summed E-state index contributed by atoms with van der Waals surface area (Å²) in [4.78, 5) is 24.4. The summed E-state index contributed by atoms with van der Waals surface area (Å²) in [5.74, 6) is 0.813. The number of ether oxygens (including phenoxy) is 1. The number of aromatic amines is 1. The van der Waals surface area contributed by atoms with Gasteiger partial charge in [0.05, 0.1) is 18.3 Å². The van der Waals surface area contributed by atoms with Crippen molar-refractivity contribution in [1.29, 1.82) is 0 Å². The van der Waals surface area contributed by atoms with E-state index in [1.807, 2.05) is 12.3 Å². The molecule has 3 heterocycles. The normalized spacial score (nSPS) is 19.6. The van der Waals surface area contributed by atoms with Crippen LogP contribution in [0.15, 0.2) is 18.5 Å². The Morgan fingerprint density at radius 1 is 1.24 bits per heavy atom. The van der Waals surface area contributed by atoms with E-state index in [9.17, 15) is 18.0 Å². The number of pyridine rings is 1. The molecule has 4 rings (SSSR count). The molecule has 0 saturated heterocycles. The Morgan fingerprint density at radius 2 is 1.97 bits per heavy atom. The molecule has 0 atom stereocenters. The Morgan fingerprint density at radius 3 is 2.65 bits per heavy atom. The van der Waals surface area contributed by atoms with Gasteiger partial charge in [-0.1, -0.05) is 0 Å². The maximum absolute atomic E-state index is 12.6. The van der Waals surface area contributed by atoms with Gasteiger partial charge in [-0.15, -0.1) is 0 Å². The minimum atomic E-state index is -4.21. The van der Waals surface area contributed by atoms with Gasteiger partial charge in [0.25, 0.3) is 0 Å². The summed E-state index contributed by atoms with van der Waals surface area (Å²) in [6.45, 7) is 4.81. The highest BCUT2D eigenvalue weighted by Crippen LogP contribution is 2.35. The van der Waals surface area contributed by atoms with Crippen LogP contribution in [0.2, 0.25) is 0 Å². The summed E-state index contributed by atoms with van der Waals surface area (Å²) in [6.07, 6.45) is 2.13. The third kappa shape index (κ3) is 5.81. The summed E-state index contributed by atoms with van der Waals surface area (Å²) in [7, 11) is 0. The lowest BCUT2D eigenvalue weighted by Gasteiger charge is -2.31. The largest absolute Gasteiger partial charge is 0.444 e. The predicted molar refractivity (Wildman–Crippen MR) is 123 cm³/mol. The van der Waals surface area contributed by atoms with Gasteiger partial charge in [0, 0.05) is 36.6 Å². The number of nitrogens with zero attached hydrogens (tertiary/aromatic N) is 3. The molecule has 0 spiro atoms. The monoisotopic (exact) mass is 480 g/mol. The number of carbonyl (C=O) groups is 1. The maximum atomic E-state index is 12.6. The SMILES string of the molecule is CC(C)(C)OC(=O)NCCc1nc2cnc3[nH]ccc3c2n1[C@H]1CC[C@H](NCC(F)(F)F)CC1. The zero-order valence-electron chi connectivity index (χ0n) is 19.6. The molecule has 3 N–H and O–H groups in total. The number of nitrogens with one attached hydrogen (secondary N) is 3. The van der Waals surface area contributed by atoms with E-state index in [-0.39, 0.29) is 12.1 Å². The molecular formula is C23H31F3N6O2. The van der Waals surface area contributed by atoms with Crippen molar-refractivity contribution < 1.29 is 22.7 Å². The van der Waals surface area contributed by atoms with Gasteiger partial charge in [-0.25, -0.2) is 14.8 Å². The summed E-state index contributed by atoms with van der Waals surface area (Å²) >= 11 is 0. The molecule has 3 aromatic heterocycles. The van der Waals surface area contributed by atoms with Gasteiger partial charge < -0.3 is 24.9 Å². The fraction of sp³-hybridized carbons (Fsp3) is 0.609. The van der Waals surface area contributed by atoms with Gasteiger partial charge in [-0.05, 0) is 52.5 Å². The maximum Gasteiger partial charge on any atom is 0.407 e. The molecule has 0 aromatic carbocycles. The number of imidazole rings is 1. The Balaban J connectivity index is 1.53. The lowest BCUT2D eigenvalue weighted by molar-refractivity contribution is -0.126. The second-order valence-electron chi connectivity index (χ2n) is 9.81. The molecule has 0 unspecified atom stereocenters. The molecule has 11 heteroatoms. The highest BCUT2D eigenvalue weighted by Gasteiger charge is 2.31. The zero-order valence-corrected chi connectivity index (χ0v) is 19.6. The van der Waals surface area contributed by atoms with Crippen molar-refractivity contribution >= 4 is 28.2 Å². The van der Waals surface area contributed by atoms with Crippen molar-refractivity contribution in [3.63, 3.8) is 0 Å². The summed E-state index contributed by atoms with van der Waals surface area (Å²) in [6, 6.07) is 1.91. The number of alkyl carbamates (subject to hydrolysis) is 1. The smallest absolute Gasteiger partial charge is 0.407 e. The zero-order chi connectivity index (χ0) is 24.5. The molecule has 0 bridgehead atoms. The standard InChI is InChI=1S/C23H31F3N6O2/c1-22(2,3)34-21(33)28-11-9-18-31-17-12-29-20-16(8-10-27-20)19(17)32(18)15-6-4-14(5-7-15)30-13-23(24,25)26/h8,10,12,14-15,30H,4-7,9,11,13H2,1-3H3,(H,27,29)(H,28,33)/t14-,15-. The predicted octanol–water partition coefficient (Wildman–Crippen LogP) is 4.62. The van der Waals surface area contributed by atoms with Gasteiger partial charge in [0.2, 0.25) is 0 Å². The number of rotatable bonds is 6. The van der Waals surface area contributed by atoms with Gasteiger partial charge in [-0.3, -0.25) is 0 Å². The lowest BCUT2D eigenvalue weighted by atomic mass is 9.90. The number of fused-ring (bicyclic) bond motifs is 3. The van der Waals surface area contributed by atoms with E-state index in [4.69, 9.17) is 9.72 Å². The van der Waals surface area contributed by atoms with E-state index < -0.39 is 24.4 Å². The Kier molecular flexibility index (Phi) is 6.75. The number of aromatic nitrogens is 4. The van der Waals surface area contributed by atoms with Crippen LogP contribution in [0.25, 0.3) is 22.1 Å². The molecule has 1 saturated carbocycles. The molecule has 1 aliphatic carbocycles. The van der Waals surface area contributed by atoms with Gasteiger partial charge in [0.15, 0.2) is 0 Å². The number of hydrogen-bond donors (Lipinski definition) is 3. The molecular weight excluding hydrogens is 449 g/mol. The first kappa shape index (κ1) is 24.3. The minimum Gasteiger partial charge on any atom is -0.444 e. The average Bonchev–Trinajstić information content (AvgIpc) is 3.34. The Labute approximate surface area is 195 Å². The second-order valence-corrected chi connectivity index (χ2v) is 9.81. The molecule has 1 aliphatic rings. The van der Waals surface area contributed by atoms with Crippen LogP contribution in [0.3, 0.4) is 0 Å². The number of alkyl halides is 3. The first-order chi connectivity index (χ1) is 16.0. The lowest BCUT2D eigenvalue weighted by Crippen LogP contribution is -2.39. The van der Waals surface area contributed by atoms with Crippen molar-refractivity contribution in [2.75, 3.05) is 13.1 Å². The Bertz CT molecular complexity index is 1140. The van der Waals surface area contributed by atoms with Crippen molar-refractivity contribution in [2.45, 2.75) is 76.7 Å². The van der Waals surface area contributed by atoms with E-state index in [1.54, 1.807) is 27.0 Å². The highest BCUT2D eigenvalue weighted by atomic mass is 19.4. The van der Waals surface area contributed by atoms with E-state index in [2.05, 4.69) is 25.2 Å². The molecule has 186 valence electrons. The van der Waals surface area contributed by atoms with Crippen molar-refractivity contribution in [1.82, 2.24) is 30.2 Å². The molecule has 3 aromatic rings. The van der Waals surface area contributed by atoms with E-state index in [0.29, 0.717) is 25.8 Å². The molecule has 0 radical (unpaired) electrons. The van der Waals surface area contributed by atoms with Crippen LogP contribution >= 0.6 is 0 Å². The van der Waals surface area contributed by atoms with E-state index in [1.165, 1.54) is 0 Å². The quantitative estimate of drug-likeness (QED) is 0.479. The van der Waals surface area contributed by atoms with Crippen LogP contribution in [0, 0.1) is 0 Å². The summed E-state index contributed by atoms with van der Waals surface area (Å²) in [5, 5.41) is 6.38. The van der Waals surface area contributed by atoms with Crippen LogP contribution in [0.5, 0.6) is 0 Å². The molecule has 34 heavy (non-hydrogen) atoms. The molecule has 1 fully saturated rings. The van der Waals surface area contributed by atoms with Crippen LogP contribution in [0.4, 0.5) is 18.0 Å². The summed E-state index contributed by atoms with van der Waals surface area (Å²) in [5.41, 5.74) is 1.90. The minimum absolute atomic E-state index is 0.103. The van der Waals surface area contributed by atoms with Crippen LogP contribution in [-0.2, 0) is 11.2 Å². The molecule has 0 aliphatic heterocycles. The number of halogens is 3. The van der Waals surface area contributed by atoms with Crippen LogP contribution < -0.4 is 10.6 Å². The van der Waals surface area contributed by atoms with Crippen molar-refractivity contribution in [3.8, 4) is 0 Å². The first-order valence-corrected chi connectivity index (χ1v) is 11.6. The number of H-pyrrole nitrogens is 1. The third-order valence-corrected chi connectivity index (χ3v) is 5.98. The average molecular weight is 481 g/mol. The number of amides is 1. The second kappa shape index (κ2) is 9.44. The fourth-order valence-electron chi connectivity index (χ4n) is 4.60. The summed E-state index contributed by atoms with van der Waals surface area (Å²) < 4.78 is 45.3.